The third-order valence-corrected chi connectivity index (χ3v) is 2.92. The molecule has 1 aromatic rings. The average molecular weight is 368 g/mol. The van der Waals surface area contributed by atoms with Crippen molar-refractivity contribution in [2.75, 3.05) is 25.0 Å². The van der Waals surface area contributed by atoms with Crippen LogP contribution in [0.15, 0.2) is 24.3 Å². The molecule has 0 aliphatic heterocycles. The van der Waals surface area contributed by atoms with Crippen LogP contribution in [0.3, 0.4) is 0 Å². The van der Waals surface area contributed by atoms with E-state index in [0.717, 1.165) is 11.3 Å². The molecule has 0 saturated carbocycles. The van der Waals surface area contributed by atoms with E-state index >= 15 is 0 Å². The minimum atomic E-state index is -4.42. The quantitative estimate of drug-likeness (QED) is 0.684. The zero-order chi connectivity index (χ0) is 15.9. The van der Waals surface area contributed by atoms with Crippen LogP contribution in [0, 0.1) is 0 Å². The second-order valence-corrected chi connectivity index (χ2v) is 5.20. The van der Waals surface area contributed by atoms with Crippen LogP contribution in [0.1, 0.15) is 23.7 Å². The summed E-state index contributed by atoms with van der Waals surface area (Å²) in [5.41, 5.74) is 0.189. The van der Waals surface area contributed by atoms with Crippen molar-refractivity contribution in [1.82, 2.24) is 4.90 Å². The summed E-state index contributed by atoms with van der Waals surface area (Å²) >= 11 is 3.06. The predicted molar refractivity (Wildman–Crippen MR) is 78.0 cm³/mol. The summed E-state index contributed by atoms with van der Waals surface area (Å²) in [7, 11) is 0. The molecule has 0 aliphatic rings. The topological polar surface area (TPSA) is 29.5 Å². The maximum absolute atomic E-state index is 12.5. The minimum absolute atomic E-state index is 0.0155. The molecular formula is C14H17BrF3NO2. The molecule has 21 heavy (non-hydrogen) atoms. The van der Waals surface area contributed by atoms with Crippen molar-refractivity contribution in [2.45, 2.75) is 19.5 Å². The van der Waals surface area contributed by atoms with Gasteiger partial charge in [-0.1, -0.05) is 28.9 Å². The van der Waals surface area contributed by atoms with Gasteiger partial charge in [0.25, 0.3) is 5.91 Å². The van der Waals surface area contributed by atoms with Crippen molar-refractivity contribution >= 4 is 21.8 Å². The Hall–Kier alpha value is -1.24. The van der Waals surface area contributed by atoms with Crippen molar-refractivity contribution in [2.24, 2.45) is 0 Å². The van der Waals surface area contributed by atoms with Crippen molar-refractivity contribution < 1.29 is 22.7 Å². The van der Waals surface area contributed by atoms with Gasteiger partial charge in [-0.05, 0) is 24.6 Å². The second-order valence-electron chi connectivity index (χ2n) is 4.41. The van der Waals surface area contributed by atoms with Gasteiger partial charge in [-0.25, -0.2) is 0 Å². The first kappa shape index (κ1) is 17.8. The smallest absolute Gasteiger partial charge is 0.406 e. The lowest BCUT2D eigenvalue weighted by Crippen LogP contribution is -2.40. The van der Waals surface area contributed by atoms with Gasteiger partial charge < -0.3 is 9.64 Å². The van der Waals surface area contributed by atoms with Gasteiger partial charge in [-0.2, -0.15) is 13.2 Å². The lowest BCUT2D eigenvalue weighted by molar-refractivity contribution is -0.140. The molecule has 3 nitrogen and oxygen atoms in total. The Morgan fingerprint density at radius 2 is 2.10 bits per heavy atom. The first-order valence-corrected chi connectivity index (χ1v) is 7.64. The molecule has 1 rings (SSSR count). The average Bonchev–Trinajstić information content (AvgIpc) is 2.43. The Labute approximate surface area is 130 Å². The molecule has 0 saturated heterocycles. The molecule has 7 heteroatoms. The second kappa shape index (κ2) is 8.26. The highest BCUT2D eigenvalue weighted by atomic mass is 79.9. The summed E-state index contributed by atoms with van der Waals surface area (Å²) in [6, 6.07) is 6.22. The molecule has 0 unspecified atom stereocenters. The number of carbonyl (C=O) groups is 1. The van der Waals surface area contributed by atoms with E-state index in [0.29, 0.717) is 12.4 Å². The Balaban J connectivity index is 2.87. The van der Waals surface area contributed by atoms with E-state index in [2.05, 4.69) is 15.9 Å². The van der Waals surface area contributed by atoms with Gasteiger partial charge in [0.15, 0.2) is 0 Å². The van der Waals surface area contributed by atoms with Crippen molar-refractivity contribution in [3.05, 3.63) is 29.8 Å². The fourth-order valence-corrected chi connectivity index (χ4v) is 2.12. The number of amides is 1. The summed E-state index contributed by atoms with van der Waals surface area (Å²) in [6.45, 7) is 1.15. The first-order valence-electron chi connectivity index (χ1n) is 6.52. The van der Waals surface area contributed by atoms with E-state index in [1.54, 1.807) is 12.1 Å². The molecule has 1 amide bonds. The van der Waals surface area contributed by atoms with Crippen LogP contribution in [0.25, 0.3) is 0 Å². The fourth-order valence-electron chi connectivity index (χ4n) is 1.69. The monoisotopic (exact) mass is 367 g/mol. The van der Waals surface area contributed by atoms with Crippen LogP contribution in [0.5, 0.6) is 5.75 Å². The fraction of sp³-hybridized carbons (Fsp3) is 0.500. The number of hydrogen-bond donors (Lipinski definition) is 0. The summed E-state index contributed by atoms with van der Waals surface area (Å²) in [5.74, 6) is -0.178. The Kier molecular flexibility index (Phi) is 7.01. The highest BCUT2D eigenvalue weighted by Crippen LogP contribution is 2.20. The summed E-state index contributed by atoms with van der Waals surface area (Å²) in [4.78, 5) is 13.0. The highest BCUT2D eigenvalue weighted by Gasteiger charge is 2.33. The molecule has 0 heterocycles. The molecule has 0 N–H and O–H groups in total. The summed E-state index contributed by atoms with van der Waals surface area (Å²) in [6.07, 6.45) is -3.61. The number of alkyl halides is 4. The van der Waals surface area contributed by atoms with E-state index in [1.807, 2.05) is 6.92 Å². The van der Waals surface area contributed by atoms with Crippen LogP contribution in [0.4, 0.5) is 13.2 Å². The SMILES string of the molecule is CCCOc1cccc(C(=O)N(CCBr)CC(F)(F)F)c1. The molecule has 0 radical (unpaired) electrons. The van der Waals surface area contributed by atoms with Gasteiger partial charge in [0.2, 0.25) is 0 Å². The number of halogens is 4. The third-order valence-electron chi connectivity index (χ3n) is 2.57. The maximum Gasteiger partial charge on any atom is 0.406 e. The van der Waals surface area contributed by atoms with Crippen LogP contribution >= 0.6 is 15.9 Å². The Morgan fingerprint density at radius 1 is 1.38 bits per heavy atom. The third kappa shape index (κ3) is 6.37. The van der Waals surface area contributed by atoms with E-state index in [4.69, 9.17) is 4.74 Å². The lowest BCUT2D eigenvalue weighted by atomic mass is 10.2. The zero-order valence-electron chi connectivity index (χ0n) is 11.6. The van der Waals surface area contributed by atoms with Gasteiger partial charge in [-0.3, -0.25) is 4.79 Å². The lowest BCUT2D eigenvalue weighted by Gasteiger charge is -2.23. The molecule has 0 fully saturated rings. The Bertz CT molecular complexity index is 466. The normalized spacial score (nSPS) is 11.3. The molecule has 0 spiro atoms. The number of carbonyl (C=O) groups excluding carboxylic acids is 1. The molecule has 0 aliphatic carbocycles. The molecular weight excluding hydrogens is 351 g/mol. The molecule has 118 valence electrons. The van der Waals surface area contributed by atoms with E-state index < -0.39 is 18.6 Å². The van der Waals surface area contributed by atoms with E-state index in [9.17, 15) is 18.0 Å². The van der Waals surface area contributed by atoms with Crippen molar-refractivity contribution in [3.8, 4) is 5.75 Å². The molecule has 0 atom stereocenters. The van der Waals surface area contributed by atoms with E-state index in [-0.39, 0.29) is 17.4 Å². The van der Waals surface area contributed by atoms with Crippen LogP contribution in [-0.2, 0) is 0 Å². The number of benzene rings is 1. The van der Waals surface area contributed by atoms with Crippen LogP contribution in [0.2, 0.25) is 0 Å². The maximum atomic E-state index is 12.5. The van der Waals surface area contributed by atoms with Gasteiger partial charge in [-0.15, -0.1) is 0 Å². The number of nitrogens with zero attached hydrogens (tertiary/aromatic N) is 1. The van der Waals surface area contributed by atoms with Crippen molar-refractivity contribution in [3.63, 3.8) is 0 Å². The van der Waals surface area contributed by atoms with Crippen LogP contribution < -0.4 is 4.74 Å². The Morgan fingerprint density at radius 3 is 2.67 bits per heavy atom. The molecule has 0 bridgehead atoms. The minimum Gasteiger partial charge on any atom is -0.494 e. The number of hydrogen-bond acceptors (Lipinski definition) is 2. The van der Waals surface area contributed by atoms with Crippen LogP contribution in [-0.4, -0.2) is 42.0 Å². The van der Waals surface area contributed by atoms with Gasteiger partial charge in [0, 0.05) is 17.4 Å². The summed E-state index contributed by atoms with van der Waals surface area (Å²) < 4.78 is 42.9. The standard InChI is InChI=1S/C14H17BrF3NO2/c1-2-8-21-12-5-3-4-11(9-12)13(20)19(7-6-15)10-14(16,17)18/h3-5,9H,2,6-8,10H2,1H3. The largest absolute Gasteiger partial charge is 0.494 e. The zero-order valence-corrected chi connectivity index (χ0v) is 13.2. The van der Waals surface area contributed by atoms with Gasteiger partial charge >= 0.3 is 6.18 Å². The highest BCUT2D eigenvalue weighted by molar-refractivity contribution is 9.09. The van der Waals surface area contributed by atoms with E-state index in [1.165, 1.54) is 12.1 Å². The number of ether oxygens (including phenoxy) is 1. The van der Waals surface area contributed by atoms with Gasteiger partial charge in [0.1, 0.15) is 12.3 Å². The predicted octanol–water partition coefficient (Wildman–Crippen LogP) is 3.87. The first-order chi connectivity index (χ1) is 9.87. The van der Waals surface area contributed by atoms with Gasteiger partial charge in [0.05, 0.1) is 6.61 Å². The number of rotatable bonds is 7. The molecule has 1 aromatic carbocycles. The van der Waals surface area contributed by atoms with Crippen molar-refractivity contribution in [1.29, 1.82) is 0 Å². The molecule has 0 aromatic heterocycles. The summed E-state index contributed by atoms with van der Waals surface area (Å²) in [5, 5.41) is 0.279.